The number of benzene rings is 1. The van der Waals surface area contributed by atoms with Gasteiger partial charge in [-0.25, -0.2) is 4.99 Å². The molecule has 8 heteroatoms. The quantitative estimate of drug-likeness (QED) is 0.258. The van der Waals surface area contributed by atoms with Gasteiger partial charge in [0.2, 0.25) is 0 Å². The van der Waals surface area contributed by atoms with Gasteiger partial charge in [-0.05, 0) is 73.9 Å². The normalized spacial score (nSPS) is 17.8. The summed E-state index contributed by atoms with van der Waals surface area (Å²) in [6.07, 6.45) is 1.24. The molecule has 0 spiro atoms. The minimum absolute atomic E-state index is 0. The number of aliphatic hydroxyl groups is 1. The Morgan fingerprint density at radius 1 is 1.09 bits per heavy atom. The van der Waals surface area contributed by atoms with Crippen molar-refractivity contribution < 1.29 is 5.11 Å². The molecule has 1 aliphatic rings. The first-order valence-electron chi connectivity index (χ1n) is 11.2. The number of hydrogen-bond acceptors (Lipinski definition) is 5. The molecule has 1 aliphatic heterocycles. The molecular weight excluding hydrogens is 533 g/mol. The maximum atomic E-state index is 10.7. The number of rotatable bonds is 8. The van der Waals surface area contributed by atoms with Crippen LogP contribution >= 0.6 is 35.3 Å². The highest BCUT2D eigenvalue weighted by Gasteiger charge is 2.23. The summed E-state index contributed by atoms with van der Waals surface area (Å²) in [4.78, 5) is 9.66. The molecule has 0 bridgehead atoms. The van der Waals surface area contributed by atoms with Crippen LogP contribution < -0.4 is 10.6 Å². The number of hydrogen-bond donors (Lipinski definition) is 3. The number of nitrogens with zero attached hydrogens (tertiary/aromatic N) is 3. The summed E-state index contributed by atoms with van der Waals surface area (Å²) in [5.74, 6) is 0.718. The van der Waals surface area contributed by atoms with Crippen LogP contribution in [0.3, 0.4) is 0 Å². The Balaban J connectivity index is 0.00000363. The SMILES string of the molecule is CCNC(=NCc1ccc(CN2CCCN(C)CC2)cc1)NCC(C)(O)c1ccsc1.I. The van der Waals surface area contributed by atoms with Gasteiger partial charge in [-0.1, -0.05) is 24.3 Å². The van der Waals surface area contributed by atoms with Gasteiger partial charge in [0.1, 0.15) is 5.60 Å². The van der Waals surface area contributed by atoms with Crippen molar-refractivity contribution in [2.45, 2.75) is 39.0 Å². The molecule has 178 valence electrons. The van der Waals surface area contributed by atoms with E-state index < -0.39 is 5.60 Å². The van der Waals surface area contributed by atoms with Gasteiger partial charge in [0.25, 0.3) is 0 Å². The number of aliphatic imine (C=N–C) groups is 1. The third-order valence-electron chi connectivity index (χ3n) is 5.75. The van der Waals surface area contributed by atoms with Gasteiger partial charge < -0.3 is 20.6 Å². The van der Waals surface area contributed by atoms with E-state index in [1.54, 1.807) is 11.3 Å². The summed E-state index contributed by atoms with van der Waals surface area (Å²) in [5.41, 5.74) is 2.53. The van der Waals surface area contributed by atoms with Crippen LogP contribution in [-0.2, 0) is 18.7 Å². The first-order chi connectivity index (χ1) is 15.0. The average molecular weight is 572 g/mol. The minimum Gasteiger partial charge on any atom is -0.384 e. The van der Waals surface area contributed by atoms with E-state index in [2.05, 4.69) is 51.7 Å². The van der Waals surface area contributed by atoms with Gasteiger partial charge in [0, 0.05) is 26.2 Å². The third kappa shape index (κ3) is 8.62. The molecule has 3 rings (SSSR count). The fourth-order valence-electron chi connectivity index (χ4n) is 3.71. The minimum atomic E-state index is -0.931. The summed E-state index contributed by atoms with van der Waals surface area (Å²) in [7, 11) is 2.21. The molecule has 0 saturated carbocycles. The van der Waals surface area contributed by atoms with Crippen LogP contribution in [0.2, 0.25) is 0 Å². The standard InChI is InChI=1S/C24H37N5OS.HI/c1-4-25-23(27-19-24(2,30)22-10-15-31-18-22)26-16-20-6-8-21(9-7-20)17-29-12-5-11-28(3)13-14-29;/h6-10,15,18,30H,4-5,11-14,16-17,19H2,1-3H3,(H2,25,26,27);1H. The molecule has 1 aromatic heterocycles. The lowest BCUT2D eigenvalue weighted by atomic mass is 9.99. The third-order valence-corrected chi connectivity index (χ3v) is 6.43. The number of likely N-dealkylation sites (N-methyl/N-ethyl adjacent to an activating group) is 1. The summed E-state index contributed by atoms with van der Waals surface area (Å²) in [6, 6.07) is 10.8. The van der Waals surface area contributed by atoms with Crippen molar-refractivity contribution in [2.75, 3.05) is 46.3 Å². The topological polar surface area (TPSA) is 63.1 Å². The summed E-state index contributed by atoms with van der Waals surface area (Å²) in [5, 5.41) is 21.2. The Bertz CT molecular complexity index is 810. The predicted molar refractivity (Wildman–Crippen MR) is 146 cm³/mol. The molecule has 1 saturated heterocycles. The molecule has 3 N–H and O–H groups in total. The lowest BCUT2D eigenvalue weighted by Gasteiger charge is -2.24. The zero-order valence-electron chi connectivity index (χ0n) is 19.5. The van der Waals surface area contributed by atoms with Crippen LogP contribution in [0, 0.1) is 0 Å². The van der Waals surface area contributed by atoms with Crippen LogP contribution in [0.25, 0.3) is 0 Å². The molecule has 32 heavy (non-hydrogen) atoms. The van der Waals surface area contributed by atoms with E-state index in [4.69, 9.17) is 4.99 Å². The molecule has 6 nitrogen and oxygen atoms in total. The van der Waals surface area contributed by atoms with Crippen LogP contribution in [0.1, 0.15) is 37.0 Å². The zero-order valence-corrected chi connectivity index (χ0v) is 22.7. The van der Waals surface area contributed by atoms with Crippen LogP contribution in [-0.4, -0.2) is 67.2 Å². The van der Waals surface area contributed by atoms with E-state index in [-0.39, 0.29) is 24.0 Å². The predicted octanol–water partition coefficient (Wildman–Crippen LogP) is 3.47. The number of halogens is 1. The Kier molecular flexibility index (Phi) is 11.4. The summed E-state index contributed by atoms with van der Waals surface area (Å²) in [6.45, 7) is 11.3. The van der Waals surface area contributed by atoms with E-state index in [9.17, 15) is 5.11 Å². The summed E-state index contributed by atoms with van der Waals surface area (Å²) < 4.78 is 0. The lowest BCUT2D eigenvalue weighted by molar-refractivity contribution is 0.0621. The highest BCUT2D eigenvalue weighted by atomic mass is 127. The smallest absolute Gasteiger partial charge is 0.191 e. The van der Waals surface area contributed by atoms with Crippen molar-refractivity contribution in [1.29, 1.82) is 0 Å². The van der Waals surface area contributed by atoms with Gasteiger partial charge in [-0.2, -0.15) is 11.3 Å². The van der Waals surface area contributed by atoms with Crippen molar-refractivity contribution in [3.05, 3.63) is 57.8 Å². The fraction of sp³-hybridized carbons (Fsp3) is 0.542. The van der Waals surface area contributed by atoms with Crippen LogP contribution in [0.5, 0.6) is 0 Å². The maximum absolute atomic E-state index is 10.7. The second kappa shape index (κ2) is 13.5. The highest BCUT2D eigenvalue weighted by molar-refractivity contribution is 14.0. The molecule has 1 atom stereocenters. The first-order valence-corrected chi connectivity index (χ1v) is 12.2. The zero-order chi connectivity index (χ0) is 22.1. The van der Waals surface area contributed by atoms with E-state index in [0.717, 1.165) is 37.7 Å². The molecule has 0 amide bonds. The fourth-order valence-corrected chi connectivity index (χ4v) is 4.49. The second-order valence-electron chi connectivity index (χ2n) is 8.58. The van der Waals surface area contributed by atoms with Crippen molar-refractivity contribution in [3.63, 3.8) is 0 Å². The van der Waals surface area contributed by atoms with Gasteiger partial charge in [-0.15, -0.1) is 24.0 Å². The molecule has 2 heterocycles. The molecule has 2 aromatic rings. The van der Waals surface area contributed by atoms with E-state index in [0.29, 0.717) is 13.1 Å². The molecule has 0 radical (unpaired) electrons. The van der Waals surface area contributed by atoms with E-state index >= 15 is 0 Å². The monoisotopic (exact) mass is 571 g/mol. The van der Waals surface area contributed by atoms with Crippen molar-refractivity contribution in [1.82, 2.24) is 20.4 Å². The average Bonchev–Trinajstić information content (AvgIpc) is 3.24. The molecular formula is C24H38IN5OS. The second-order valence-corrected chi connectivity index (χ2v) is 9.36. The maximum Gasteiger partial charge on any atom is 0.191 e. The lowest BCUT2D eigenvalue weighted by Crippen LogP contribution is -2.44. The van der Waals surface area contributed by atoms with Gasteiger partial charge in [0.15, 0.2) is 5.96 Å². The molecule has 0 aliphatic carbocycles. The van der Waals surface area contributed by atoms with Crippen molar-refractivity contribution in [3.8, 4) is 0 Å². The largest absolute Gasteiger partial charge is 0.384 e. The Hall–Kier alpha value is -1.20. The number of guanidine groups is 1. The number of thiophene rings is 1. The van der Waals surface area contributed by atoms with Crippen LogP contribution in [0.15, 0.2) is 46.1 Å². The summed E-state index contributed by atoms with van der Waals surface area (Å²) >= 11 is 1.59. The van der Waals surface area contributed by atoms with Gasteiger partial charge in [-0.3, -0.25) is 4.90 Å². The van der Waals surface area contributed by atoms with E-state index in [1.807, 2.05) is 30.7 Å². The Morgan fingerprint density at radius 2 is 1.84 bits per heavy atom. The molecule has 1 aromatic carbocycles. The molecule has 1 fully saturated rings. The highest BCUT2D eigenvalue weighted by Crippen LogP contribution is 2.22. The van der Waals surface area contributed by atoms with E-state index in [1.165, 1.54) is 30.6 Å². The number of nitrogens with one attached hydrogen (secondary N) is 2. The van der Waals surface area contributed by atoms with Crippen molar-refractivity contribution in [2.24, 2.45) is 4.99 Å². The first kappa shape index (κ1) is 27.0. The van der Waals surface area contributed by atoms with Gasteiger partial charge >= 0.3 is 0 Å². The molecule has 1 unspecified atom stereocenters. The van der Waals surface area contributed by atoms with Crippen LogP contribution in [0.4, 0.5) is 0 Å². The van der Waals surface area contributed by atoms with Crippen molar-refractivity contribution >= 4 is 41.3 Å². The Labute approximate surface area is 214 Å². The van der Waals surface area contributed by atoms with Gasteiger partial charge in [0.05, 0.1) is 13.1 Å². The Morgan fingerprint density at radius 3 is 2.53 bits per heavy atom.